The van der Waals surface area contributed by atoms with Gasteiger partial charge >= 0.3 is 35.6 Å². The van der Waals surface area contributed by atoms with Gasteiger partial charge in [0.1, 0.15) is 5.75 Å². The Bertz CT molecular complexity index is 424. The molecular weight excluding hydrogens is 339 g/mol. The number of phenolic OH excluding ortho intramolecular Hbond substituents is 1. The first-order valence-electron chi connectivity index (χ1n) is 6.90. The molecule has 21 heavy (non-hydrogen) atoms. The Morgan fingerprint density at radius 2 is 1.29 bits per heavy atom. The molecular formula is C17H23Cl2OTi-. The van der Waals surface area contributed by atoms with Crippen LogP contribution < -0.4 is 0 Å². The van der Waals surface area contributed by atoms with E-state index in [1.54, 1.807) is 0 Å². The van der Waals surface area contributed by atoms with Crippen molar-refractivity contribution in [2.75, 3.05) is 0 Å². The van der Waals surface area contributed by atoms with Gasteiger partial charge in [-0.2, -0.15) is 18.2 Å². The maximum absolute atomic E-state index is 9.93. The zero-order valence-electron chi connectivity index (χ0n) is 13.0. The van der Waals surface area contributed by atoms with E-state index in [0.29, 0.717) is 17.6 Å². The summed E-state index contributed by atoms with van der Waals surface area (Å²) in [6, 6.07) is 16.0. The first kappa shape index (κ1) is 20.7. The second-order valence-corrected chi connectivity index (χ2v) is 7.71. The number of aromatic hydroxyl groups is 1. The molecule has 0 aliphatic rings. The van der Waals surface area contributed by atoms with Gasteiger partial charge in [-0.15, -0.1) is 0 Å². The minimum Gasteiger partial charge on any atom is -0.214 e. The quantitative estimate of drug-likeness (QED) is 0.483. The molecule has 1 nitrogen and oxygen atoms in total. The summed E-state index contributed by atoms with van der Waals surface area (Å²) in [6.07, 6.45) is 0. The summed E-state index contributed by atoms with van der Waals surface area (Å²) < 4.78 is 0. The van der Waals surface area contributed by atoms with Gasteiger partial charge in [0.25, 0.3) is 0 Å². The van der Waals surface area contributed by atoms with Crippen LogP contribution in [0.1, 0.15) is 50.7 Å². The molecule has 2 rings (SSSR count). The van der Waals surface area contributed by atoms with Gasteiger partial charge in [0.05, 0.1) is 0 Å². The van der Waals surface area contributed by atoms with Gasteiger partial charge in [0, 0.05) is 0 Å². The van der Waals surface area contributed by atoms with Crippen molar-refractivity contribution in [2.24, 2.45) is 0 Å². The Labute approximate surface area is 145 Å². The van der Waals surface area contributed by atoms with E-state index in [4.69, 9.17) is 18.6 Å². The molecule has 0 unspecified atom stereocenters. The van der Waals surface area contributed by atoms with Crippen molar-refractivity contribution >= 4 is 18.6 Å². The third-order valence-corrected chi connectivity index (χ3v) is 2.90. The zero-order chi connectivity index (χ0) is 16.3. The van der Waals surface area contributed by atoms with Gasteiger partial charge in [-0.1, -0.05) is 45.9 Å². The van der Waals surface area contributed by atoms with Gasteiger partial charge in [-0.3, -0.25) is 0 Å². The van der Waals surface area contributed by atoms with Gasteiger partial charge < -0.3 is 5.11 Å². The van der Waals surface area contributed by atoms with Crippen LogP contribution in [-0.4, -0.2) is 5.11 Å². The normalized spacial score (nSPS) is 9.52. The Morgan fingerprint density at radius 3 is 1.52 bits per heavy atom. The second-order valence-electron chi connectivity index (χ2n) is 5.13. The van der Waals surface area contributed by atoms with E-state index in [9.17, 15) is 5.11 Å². The summed E-state index contributed by atoms with van der Waals surface area (Å²) in [6.45, 7) is 8.39. The van der Waals surface area contributed by atoms with Crippen LogP contribution in [0, 0.1) is 0 Å². The molecule has 0 aromatic heterocycles. The number of halogens is 2. The first-order valence-corrected chi connectivity index (χ1v) is 11.2. The van der Waals surface area contributed by atoms with Crippen molar-refractivity contribution in [3.8, 4) is 5.75 Å². The Hall–Kier alpha value is -0.336. The summed E-state index contributed by atoms with van der Waals surface area (Å²) in [4.78, 5) is 0. The van der Waals surface area contributed by atoms with Gasteiger partial charge in [-0.25, -0.2) is 12.1 Å². The van der Waals surface area contributed by atoms with Crippen LogP contribution >= 0.6 is 18.6 Å². The van der Waals surface area contributed by atoms with Crippen LogP contribution in [0.15, 0.2) is 48.5 Å². The number of phenols is 1. The predicted octanol–water partition coefficient (Wildman–Crippen LogP) is 6.42. The summed E-state index contributed by atoms with van der Waals surface area (Å²) in [5.41, 5.74) is 2.09. The van der Waals surface area contributed by atoms with Crippen molar-refractivity contribution < 1.29 is 22.1 Å². The van der Waals surface area contributed by atoms with Gasteiger partial charge in [-0.05, 0) is 23.0 Å². The van der Waals surface area contributed by atoms with Crippen molar-refractivity contribution in [1.82, 2.24) is 0 Å². The molecule has 0 saturated heterocycles. The molecule has 2 aromatic rings. The van der Waals surface area contributed by atoms with Gasteiger partial charge in [0.2, 0.25) is 0 Å². The Morgan fingerprint density at radius 1 is 0.905 bits per heavy atom. The van der Waals surface area contributed by atoms with E-state index in [-0.39, 0.29) is 0 Å². The molecule has 0 atom stereocenters. The molecule has 116 valence electrons. The fourth-order valence-corrected chi connectivity index (χ4v) is 1.83. The van der Waals surface area contributed by atoms with E-state index >= 15 is 0 Å². The van der Waals surface area contributed by atoms with Gasteiger partial charge in [0.15, 0.2) is 0 Å². The van der Waals surface area contributed by atoms with Crippen molar-refractivity contribution in [3.63, 3.8) is 0 Å². The van der Waals surface area contributed by atoms with Crippen molar-refractivity contribution in [3.05, 3.63) is 59.7 Å². The molecule has 0 amide bonds. The maximum Gasteiger partial charge on any atom is -0.172 e. The van der Waals surface area contributed by atoms with E-state index in [1.807, 2.05) is 48.5 Å². The maximum atomic E-state index is 9.93. The number of hydrogen-bond acceptors (Lipinski definition) is 1. The fraction of sp³-hybridized carbons (Fsp3) is 0.353. The molecule has 0 heterocycles. The van der Waals surface area contributed by atoms with E-state index in [2.05, 4.69) is 27.7 Å². The average Bonchev–Trinajstić information content (AvgIpc) is 2.98. The molecule has 0 fully saturated rings. The van der Waals surface area contributed by atoms with Crippen LogP contribution in [0.2, 0.25) is 0 Å². The molecule has 1 N–H and O–H groups in total. The molecule has 0 bridgehead atoms. The largest absolute Gasteiger partial charge is 0.214 e. The van der Waals surface area contributed by atoms with Crippen molar-refractivity contribution in [1.29, 1.82) is 0 Å². The summed E-state index contributed by atoms with van der Waals surface area (Å²) in [5, 5.41) is 9.93. The SMILES string of the molecule is CC(C)c1cccc(C(C)C)c1O.[Cl][Ti][Cl].c1cc[cH-]c1. The Balaban J connectivity index is 0.000000410. The van der Waals surface area contributed by atoms with Crippen molar-refractivity contribution in [2.45, 2.75) is 39.5 Å². The molecule has 4 heteroatoms. The number of benzene rings is 1. The topological polar surface area (TPSA) is 20.2 Å². The number of hydrogen-bond donors (Lipinski definition) is 1. The monoisotopic (exact) mass is 361 g/mol. The number of para-hydroxylation sites is 1. The standard InChI is InChI=1S/C12H18O.C5H5.2ClH.Ti/c1-8(2)10-6-5-7-11(9(3)4)12(10)13;1-2-4-5-3-1;;;/h5-9,13H,1-4H3;1-5H;2*1H;/q;-1;;;+2/p-2. The third kappa shape index (κ3) is 8.63. The molecule has 0 aliphatic carbocycles. The van der Waals surface area contributed by atoms with E-state index in [1.165, 1.54) is 0 Å². The molecule has 0 spiro atoms. The Kier molecular flexibility index (Phi) is 12.0. The zero-order valence-corrected chi connectivity index (χ0v) is 16.1. The molecule has 0 aliphatic heterocycles. The molecule has 0 saturated carbocycles. The van der Waals surface area contributed by atoms with Crippen LogP contribution in [-0.2, 0) is 17.0 Å². The fourth-order valence-electron chi connectivity index (χ4n) is 1.83. The summed E-state index contributed by atoms with van der Waals surface area (Å²) in [7, 11) is 9.78. The smallest absolute Gasteiger partial charge is 0.172 e. The van der Waals surface area contributed by atoms with Crippen LogP contribution in [0.5, 0.6) is 5.75 Å². The summed E-state index contributed by atoms with van der Waals surface area (Å²) in [5.74, 6) is 1.25. The van der Waals surface area contributed by atoms with E-state index < -0.39 is 17.0 Å². The molecule has 2 aromatic carbocycles. The first-order chi connectivity index (χ1) is 9.95. The van der Waals surface area contributed by atoms with Crippen LogP contribution in [0.3, 0.4) is 0 Å². The van der Waals surface area contributed by atoms with Crippen LogP contribution in [0.4, 0.5) is 0 Å². The third-order valence-electron chi connectivity index (χ3n) is 2.90. The second kappa shape index (κ2) is 12.2. The van der Waals surface area contributed by atoms with E-state index in [0.717, 1.165) is 11.1 Å². The minimum absolute atomic E-state index is 0.388. The van der Waals surface area contributed by atoms with Crippen LogP contribution in [0.25, 0.3) is 0 Å². The predicted molar refractivity (Wildman–Crippen MR) is 90.0 cm³/mol. The summed E-state index contributed by atoms with van der Waals surface area (Å²) >= 11 is -0.556. The minimum atomic E-state index is -0.556. The number of rotatable bonds is 2. The average molecular weight is 362 g/mol. The molecule has 0 radical (unpaired) electrons.